The lowest BCUT2D eigenvalue weighted by atomic mass is 9.97. The van der Waals surface area contributed by atoms with Gasteiger partial charge in [-0.15, -0.1) is 10.2 Å². The van der Waals surface area contributed by atoms with E-state index in [-0.39, 0.29) is 6.42 Å². The summed E-state index contributed by atoms with van der Waals surface area (Å²) in [5.41, 5.74) is 4.27. The zero-order valence-corrected chi connectivity index (χ0v) is 18.0. The Bertz CT molecular complexity index is 992. The minimum Gasteiger partial charge on any atom is -0.481 e. The van der Waals surface area contributed by atoms with E-state index >= 15 is 0 Å². The predicted molar refractivity (Wildman–Crippen MR) is 122 cm³/mol. The van der Waals surface area contributed by atoms with Crippen molar-refractivity contribution in [1.82, 2.24) is 15.5 Å². The van der Waals surface area contributed by atoms with Crippen LogP contribution in [0, 0.1) is 5.92 Å². The van der Waals surface area contributed by atoms with Gasteiger partial charge in [-0.25, -0.2) is 0 Å². The minimum atomic E-state index is -0.802. The first kappa shape index (κ1) is 22.4. The fourth-order valence-electron chi connectivity index (χ4n) is 3.15. The average Bonchev–Trinajstić information content (AvgIpc) is 3.23. The van der Waals surface area contributed by atoms with Gasteiger partial charge in [-0.1, -0.05) is 56.3 Å². The number of carboxylic acids is 1. The van der Waals surface area contributed by atoms with Crippen LogP contribution in [0.15, 0.2) is 59.0 Å². The number of aliphatic carboxylic acids is 1. The van der Waals surface area contributed by atoms with E-state index in [1.54, 1.807) is 0 Å². The van der Waals surface area contributed by atoms with Gasteiger partial charge in [0.05, 0.1) is 6.42 Å². The number of allylic oxidation sites excluding steroid dienone is 1. The number of rotatable bonds is 11. The van der Waals surface area contributed by atoms with Crippen LogP contribution < -0.4 is 5.32 Å². The highest BCUT2D eigenvalue weighted by Crippen LogP contribution is 2.26. The maximum atomic E-state index is 10.6. The summed E-state index contributed by atoms with van der Waals surface area (Å²) in [6.07, 6.45) is 4.13. The number of aromatic nitrogens is 2. The summed E-state index contributed by atoms with van der Waals surface area (Å²) in [5, 5.41) is 20.2. The predicted octanol–water partition coefficient (Wildman–Crippen LogP) is 5.28. The standard InChI is InChI=1S/C25H29N3O3/c1-18(2)8-11-22(20-6-4-3-5-7-20)16-23-27-28-25(31-23)21-12-9-19(10-13-21)17-26-15-14-24(29)30/h3-7,9-10,12-13,16,18,26H,8,11,14-15,17H2,1-2H3,(H,29,30)/b22-16+. The average molecular weight is 420 g/mol. The van der Waals surface area contributed by atoms with Crippen molar-refractivity contribution < 1.29 is 14.3 Å². The molecule has 0 saturated heterocycles. The zero-order chi connectivity index (χ0) is 22.1. The van der Waals surface area contributed by atoms with Crippen molar-refractivity contribution in [1.29, 1.82) is 0 Å². The van der Waals surface area contributed by atoms with Gasteiger partial charge in [0.2, 0.25) is 11.8 Å². The molecule has 0 spiro atoms. The lowest BCUT2D eigenvalue weighted by Gasteiger charge is -2.09. The first-order chi connectivity index (χ1) is 15.0. The molecule has 0 saturated carbocycles. The summed E-state index contributed by atoms with van der Waals surface area (Å²) in [5.74, 6) is 0.788. The minimum absolute atomic E-state index is 0.110. The molecule has 6 heteroatoms. The summed E-state index contributed by atoms with van der Waals surface area (Å²) in [4.78, 5) is 10.6. The second-order valence-electron chi connectivity index (χ2n) is 7.93. The van der Waals surface area contributed by atoms with Gasteiger partial charge in [0.1, 0.15) is 0 Å². The van der Waals surface area contributed by atoms with Gasteiger partial charge in [0.15, 0.2) is 0 Å². The molecule has 0 aliphatic carbocycles. The zero-order valence-electron chi connectivity index (χ0n) is 18.0. The highest BCUT2D eigenvalue weighted by Gasteiger charge is 2.10. The Morgan fingerprint density at radius 3 is 2.48 bits per heavy atom. The van der Waals surface area contributed by atoms with Crippen molar-refractivity contribution >= 4 is 17.6 Å². The lowest BCUT2D eigenvalue weighted by Crippen LogP contribution is -2.17. The van der Waals surface area contributed by atoms with Crippen LogP contribution in [0.3, 0.4) is 0 Å². The second-order valence-corrected chi connectivity index (χ2v) is 7.93. The highest BCUT2D eigenvalue weighted by atomic mass is 16.4. The number of nitrogens with one attached hydrogen (secondary N) is 1. The molecule has 6 nitrogen and oxygen atoms in total. The Balaban J connectivity index is 1.69. The van der Waals surface area contributed by atoms with Crippen LogP contribution in [-0.2, 0) is 11.3 Å². The first-order valence-corrected chi connectivity index (χ1v) is 10.6. The molecular formula is C25H29N3O3. The van der Waals surface area contributed by atoms with Crippen LogP contribution in [0.4, 0.5) is 0 Å². The van der Waals surface area contributed by atoms with Gasteiger partial charge >= 0.3 is 5.97 Å². The summed E-state index contributed by atoms with van der Waals surface area (Å²) < 4.78 is 5.91. The molecule has 0 bridgehead atoms. The van der Waals surface area contributed by atoms with Crippen LogP contribution in [0.2, 0.25) is 0 Å². The molecular weight excluding hydrogens is 390 g/mol. The highest BCUT2D eigenvalue weighted by molar-refractivity contribution is 5.79. The third-order valence-electron chi connectivity index (χ3n) is 4.92. The molecule has 0 unspecified atom stereocenters. The molecule has 0 aliphatic rings. The topological polar surface area (TPSA) is 88.2 Å². The summed E-state index contributed by atoms with van der Waals surface area (Å²) >= 11 is 0. The molecule has 1 aromatic heterocycles. The van der Waals surface area contributed by atoms with Crippen LogP contribution >= 0.6 is 0 Å². The monoisotopic (exact) mass is 419 g/mol. The number of benzene rings is 2. The molecule has 0 atom stereocenters. The molecule has 0 amide bonds. The molecule has 31 heavy (non-hydrogen) atoms. The Labute approximate surface area is 183 Å². The normalized spacial score (nSPS) is 11.8. The van der Waals surface area contributed by atoms with Crippen LogP contribution in [0.1, 0.15) is 50.1 Å². The molecule has 2 aromatic carbocycles. The molecule has 3 rings (SSSR count). The van der Waals surface area contributed by atoms with Gasteiger partial charge in [-0.3, -0.25) is 4.79 Å². The number of nitrogens with zero attached hydrogens (tertiary/aromatic N) is 2. The van der Waals surface area contributed by atoms with Crippen molar-refractivity contribution in [3.63, 3.8) is 0 Å². The Morgan fingerprint density at radius 2 is 1.81 bits per heavy atom. The third-order valence-corrected chi connectivity index (χ3v) is 4.92. The maximum absolute atomic E-state index is 10.6. The smallest absolute Gasteiger partial charge is 0.304 e. The van der Waals surface area contributed by atoms with E-state index in [2.05, 4.69) is 41.5 Å². The maximum Gasteiger partial charge on any atom is 0.304 e. The quantitative estimate of drug-likeness (QED) is 0.411. The van der Waals surface area contributed by atoms with Gasteiger partial charge in [0, 0.05) is 24.7 Å². The van der Waals surface area contributed by atoms with E-state index in [9.17, 15) is 4.79 Å². The molecule has 0 aliphatic heterocycles. The van der Waals surface area contributed by atoms with Gasteiger partial charge < -0.3 is 14.8 Å². The summed E-state index contributed by atoms with van der Waals surface area (Å²) in [7, 11) is 0. The van der Waals surface area contributed by atoms with E-state index in [1.165, 1.54) is 11.1 Å². The lowest BCUT2D eigenvalue weighted by molar-refractivity contribution is -0.136. The SMILES string of the molecule is CC(C)CC/C(=C\c1nnc(-c2ccc(CNCCC(=O)O)cc2)o1)c1ccccc1. The van der Waals surface area contributed by atoms with Crippen molar-refractivity contribution in [2.45, 2.75) is 39.7 Å². The van der Waals surface area contributed by atoms with Crippen molar-refractivity contribution in [2.75, 3.05) is 6.54 Å². The Hall–Kier alpha value is -3.25. The number of hydrogen-bond acceptors (Lipinski definition) is 5. The Morgan fingerprint density at radius 1 is 1.06 bits per heavy atom. The van der Waals surface area contributed by atoms with Gasteiger partial charge in [-0.05, 0) is 47.6 Å². The van der Waals surface area contributed by atoms with E-state index < -0.39 is 5.97 Å². The molecule has 1 heterocycles. The molecule has 0 fully saturated rings. The fraction of sp³-hybridized carbons (Fsp3) is 0.320. The molecule has 2 N–H and O–H groups in total. The first-order valence-electron chi connectivity index (χ1n) is 10.6. The molecule has 0 radical (unpaired) electrons. The van der Waals surface area contributed by atoms with E-state index in [0.717, 1.165) is 24.0 Å². The van der Waals surface area contributed by atoms with Crippen LogP contribution in [0.25, 0.3) is 23.1 Å². The van der Waals surface area contributed by atoms with Crippen LogP contribution in [0.5, 0.6) is 0 Å². The van der Waals surface area contributed by atoms with Gasteiger partial charge in [-0.2, -0.15) is 0 Å². The molecule has 162 valence electrons. The van der Waals surface area contributed by atoms with Crippen molar-refractivity contribution in [3.05, 3.63) is 71.6 Å². The van der Waals surface area contributed by atoms with E-state index in [1.807, 2.05) is 48.5 Å². The fourth-order valence-corrected chi connectivity index (χ4v) is 3.15. The summed E-state index contributed by atoms with van der Waals surface area (Å²) in [6.45, 7) is 5.50. The number of carboxylic acid groups (broad SMARTS) is 1. The van der Waals surface area contributed by atoms with E-state index in [4.69, 9.17) is 9.52 Å². The summed E-state index contributed by atoms with van der Waals surface area (Å²) in [6, 6.07) is 18.1. The molecule has 3 aromatic rings. The van der Waals surface area contributed by atoms with Crippen LogP contribution in [-0.4, -0.2) is 27.8 Å². The van der Waals surface area contributed by atoms with Gasteiger partial charge in [0.25, 0.3) is 0 Å². The van der Waals surface area contributed by atoms with Crippen molar-refractivity contribution in [3.8, 4) is 11.5 Å². The van der Waals surface area contributed by atoms with E-state index in [0.29, 0.717) is 30.8 Å². The second kappa shape index (κ2) is 11.2. The largest absolute Gasteiger partial charge is 0.481 e. The third kappa shape index (κ3) is 7.19. The number of carbonyl (C=O) groups is 1. The Kier molecular flexibility index (Phi) is 8.12. The number of hydrogen-bond donors (Lipinski definition) is 2. The van der Waals surface area contributed by atoms with Crippen molar-refractivity contribution in [2.24, 2.45) is 5.92 Å².